The summed E-state index contributed by atoms with van der Waals surface area (Å²) in [7, 11) is 0. The number of aryl methyl sites for hydroxylation is 2. The second-order valence-corrected chi connectivity index (χ2v) is 10.5. The fraction of sp³-hybridized carbons (Fsp3) is 0.200. The summed E-state index contributed by atoms with van der Waals surface area (Å²) in [6.07, 6.45) is 1.15. The highest BCUT2D eigenvalue weighted by molar-refractivity contribution is 8.04. The van der Waals surface area contributed by atoms with Gasteiger partial charge >= 0.3 is 0 Å². The van der Waals surface area contributed by atoms with E-state index in [2.05, 4.69) is 86.3 Å². The zero-order valence-electron chi connectivity index (χ0n) is 15.5. The molecule has 2 heterocycles. The molecular weight excluding hydrogens is 364 g/mol. The Morgan fingerprint density at radius 2 is 1.37 bits per heavy atom. The molecule has 2 aliphatic heterocycles. The van der Waals surface area contributed by atoms with Crippen molar-refractivity contribution in [2.75, 3.05) is 5.75 Å². The molecule has 0 radical (unpaired) electrons. The molecule has 4 aromatic carbocycles. The monoisotopic (exact) mass is 384 g/mol. The molecule has 0 N–H and O–H groups in total. The summed E-state index contributed by atoms with van der Waals surface area (Å²) >= 11 is 4.14. The maximum Gasteiger partial charge on any atom is 0.0600 e. The Morgan fingerprint density at radius 3 is 2.11 bits per heavy atom. The highest BCUT2D eigenvalue weighted by Crippen LogP contribution is 2.60. The Hall–Kier alpha value is -1.90. The molecule has 0 saturated carbocycles. The van der Waals surface area contributed by atoms with E-state index in [1.807, 2.05) is 11.8 Å². The first-order valence-corrected chi connectivity index (χ1v) is 11.3. The van der Waals surface area contributed by atoms with E-state index >= 15 is 0 Å². The van der Waals surface area contributed by atoms with E-state index in [4.69, 9.17) is 0 Å². The van der Waals surface area contributed by atoms with Crippen LogP contribution < -0.4 is 0 Å². The number of benzene rings is 4. The topological polar surface area (TPSA) is 0 Å². The van der Waals surface area contributed by atoms with Crippen LogP contribution in [-0.4, -0.2) is 5.75 Å². The summed E-state index contributed by atoms with van der Waals surface area (Å²) in [6, 6.07) is 23.4. The Kier molecular flexibility index (Phi) is 3.31. The molecule has 0 aromatic heterocycles. The molecule has 1 spiro atoms. The summed E-state index contributed by atoms with van der Waals surface area (Å²) in [5, 5.41) is 5.49. The minimum atomic E-state index is 0.202. The third-order valence-electron chi connectivity index (χ3n) is 6.00. The molecule has 27 heavy (non-hydrogen) atoms. The van der Waals surface area contributed by atoms with Crippen LogP contribution in [0.1, 0.15) is 22.3 Å². The summed E-state index contributed by atoms with van der Waals surface area (Å²) < 4.78 is 0.202. The molecule has 2 aliphatic rings. The average molecular weight is 385 g/mol. The maximum absolute atomic E-state index is 2.47. The molecule has 4 aromatic rings. The minimum absolute atomic E-state index is 0.202. The van der Waals surface area contributed by atoms with Crippen LogP contribution in [0, 0.1) is 13.8 Å². The quantitative estimate of drug-likeness (QED) is 0.313. The van der Waals surface area contributed by atoms with E-state index in [9.17, 15) is 0 Å². The SMILES string of the molecule is Cc1ccc2cc3c(cc2c1)SC1(CSc2cc4cc(C)ccc4cc21)C3. The molecule has 1 atom stereocenters. The Balaban J connectivity index is 1.49. The smallest absolute Gasteiger partial charge is 0.0600 e. The van der Waals surface area contributed by atoms with Gasteiger partial charge in [-0.3, -0.25) is 0 Å². The molecule has 0 nitrogen and oxygen atoms in total. The number of hydrogen-bond donors (Lipinski definition) is 0. The van der Waals surface area contributed by atoms with Crippen LogP contribution in [0.4, 0.5) is 0 Å². The molecule has 1 unspecified atom stereocenters. The summed E-state index contributed by atoms with van der Waals surface area (Å²) in [5.74, 6) is 1.17. The summed E-state index contributed by atoms with van der Waals surface area (Å²) in [4.78, 5) is 2.96. The predicted molar refractivity (Wildman–Crippen MR) is 119 cm³/mol. The highest BCUT2D eigenvalue weighted by atomic mass is 32.2. The summed E-state index contributed by atoms with van der Waals surface area (Å²) in [5.41, 5.74) is 5.74. The molecule has 2 heteroatoms. The van der Waals surface area contributed by atoms with E-state index in [1.54, 1.807) is 5.56 Å². The largest absolute Gasteiger partial charge is 0.124 e. The van der Waals surface area contributed by atoms with Gasteiger partial charge in [0, 0.05) is 15.5 Å². The molecule has 132 valence electrons. The van der Waals surface area contributed by atoms with Crippen LogP contribution >= 0.6 is 23.5 Å². The summed E-state index contributed by atoms with van der Waals surface area (Å²) in [6.45, 7) is 4.36. The van der Waals surface area contributed by atoms with E-state index in [0.717, 1.165) is 6.42 Å². The molecule has 0 amide bonds. The molecular formula is C25H20S2. The standard InChI is InChI=1S/C25H20S2/c1-15-3-5-17-9-21-13-25(27-23(21)11-19(17)7-15)14-26-24-12-20-8-16(2)4-6-18(20)10-22(24)25/h3-12H,13-14H2,1-2H3. The van der Waals surface area contributed by atoms with Gasteiger partial charge in [-0.1, -0.05) is 47.5 Å². The third kappa shape index (κ3) is 2.40. The van der Waals surface area contributed by atoms with Gasteiger partial charge in [0.1, 0.15) is 0 Å². The first kappa shape index (κ1) is 16.1. The van der Waals surface area contributed by atoms with Crippen LogP contribution in [0.25, 0.3) is 21.5 Å². The van der Waals surface area contributed by atoms with Crippen LogP contribution in [0.5, 0.6) is 0 Å². The van der Waals surface area contributed by atoms with Gasteiger partial charge in [-0.15, -0.1) is 23.5 Å². The first-order valence-electron chi connectivity index (χ1n) is 9.50. The van der Waals surface area contributed by atoms with E-state index in [1.165, 1.54) is 53.8 Å². The zero-order chi connectivity index (χ0) is 18.2. The van der Waals surface area contributed by atoms with Crippen molar-refractivity contribution >= 4 is 45.1 Å². The second-order valence-electron chi connectivity index (χ2n) is 8.07. The lowest BCUT2D eigenvalue weighted by Gasteiger charge is -2.22. The van der Waals surface area contributed by atoms with Crippen LogP contribution in [0.15, 0.2) is 70.5 Å². The molecule has 0 saturated heterocycles. The fourth-order valence-corrected chi connectivity index (χ4v) is 7.72. The number of hydrogen-bond acceptors (Lipinski definition) is 2. The van der Waals surface area contributed by atoms with Gasteiger partial charge < -0.3 is 0 Å². The van der Waals surface area contributed by atoms with Crippen LogP contribution in [-0.2, 0) is 11.2 Å². The Morgan fingerprint density at radius 1 is 0.704 bits per heavy atom. The first-order chi connectivity index (χ1) is 13.1. The van der Waals surface area contributed by atoms with Gasteiger partial charge in [0.15, 0.2) is 0 Å². The van der Waals surface area contributed by atoms with Crippen molar-refractivity contribution in [2.45, 2.75) is 34.8 Å². The highest BCUT2D eigenvalue weighted by Gasteiger charge is 2.45. The van der Waals surface area contributed by atoms with Gasteiger partial charge in [0.05, 0.1) is 4.75 Å². The third-order valence-corrected chi connectivity index (χ3v) is 8.97. The minimum Gasteiger partial charge on any atom is -0.124 e. The van der Waals surface area contributed by atoms with Gasteiger partial charge in [-0.05, 0) is 77.2 Å². The Labute approximate surface area is 168 Å². The lowest BCUT2D eigenvalue weighted by atomic mass is 9.90. The maximum atomic E-state index is 2.47. The van der Waals surface area contributed by atoms with Crippen LogP contribution in [0.3, 0.4) is 0 Å². The van der Waals surface area contributed by atoms with Crippen molar-refractivity contribution < 1.29 is 0 Å². The van der Waals surface area contributed by atoms with Crippen molar-refractivity contribution in [3.05, 3.63) is 82.9 Å². The number of thioether (sulfide) groups is 2. The number of fused-ring (bicyclic) bond motifs is 5. The van der Waals surface area contributed by atoms with Crippen molar-refractivity contribution in [3.8, 4) is 0 Å². The van der Waals surface area contributed by atoms with Crippen LogP contribution in [0.2, 0.25) is 0 Å². The Bertz CT molecular complexity index is 1250. The molecule has 6 rings (SSSR count). The van der Waals surface area contributed by atoms with Crippen molar-refractivity contribution in [2.24, 2.45) is 0 Å². The van der Waals surface area contributed by atoms with Crippen molar-refractivity contribution in [1.29, 1.82) is 0 Å². The normalized spacial score (nSPS) is 20.5. The van der Waals surface area contributed by atoms with Gasteiger partial charge in [-0.2, -0.15) is 0 Å². The van der Waals surface area contributed by atoms with Crippen molar-refractivity contribution in [3.63, 3.8) is 0 Å². The lowest BCUT2D eigenvalue weighted by Crippen LogP contribution is -2.20. The molecule has 0 aliphatic carbocycles. The van der Waals surface area contributed by atoms with Gasteiger partial charge in [0.2, 0.25) is 0 Å². The molecule has 0 bridgehead atoms. The van der Waals surface area contributed by atoms with E-state index < -0.39 is 0 Å². The van der Waals surface area contributed by atoms with Crippen molar-refractivity contribution in [1.82, 2.24) is 0 Å². The predicted octanol–water partition coefficient (Wildman–Crippen LogP) is 7.26. The van der Waals surface area contributed by atoms with Gasteiger partial charge in [0.25, 0.3) is 0 Å². The second kappa shape index (κ2) is 5.56. The zero-order valence-corrected chi connectivity index (χ0v) is 17.1. The van der Waals surface area contributed by atoms with E-state index in [0.29, 0.717) is 0 Å². The fourth-order valence-electron chi connectivity index (χ4n) is 4.61. The average Bonchev–Trinajstić information content (AvgIpc) is 3.18. The lowest BCUT2D eigenvalue weighted by molar-refractivity contribution is 0.719. The van der Waals surface area contributed by atoms with Gasteiger partial charge in [-0.25, -0.2) is 0 Å². The molecule has 0 fully saturated rings. The number of rotatable bonds is 0. The van der Waals surface area contributed by atoms with E-state index in [-0.39, 0.29) is 4.75 Å².